The molecule has 7 heteroatoms. The van der Waals surface area contributed by atoms with Crippen molar-refractivity contribution < 1.29 is 8.78 Å². The van der Waals surface area contributed by atoms with Crippen molar-refractivity contribution >= 4 is 23.4 Å². The number of nitrogens with two attached hydrogens (primary N) is 1. The van der Waals surface area contributed by atoms with Gasteiger partial charge in [-0.15, -0.1) is 0 Å². The molecule has 2 aromatic rings. The molecular weight excluding hydrogens is 262 g/mol. The number of benzene rings is 1. The van der Waals surface area contributed by atoms with E-state index in [1.54, 1.807) is 0 Å². The SMILES string of the molecule is Nc1ncc(F)c(NCc2ccc(F)c(Cl)c2)n1. The lowest BCUT2D eigenvalue weighted by molar-refractivity contribution is 0.617. The molecule has 1 heterocycles. The van der Waals surface area contributed by atoms with E-state index >= 15 is 0 Å². The lowest BCUT2D eigenvalue weighted by Crippen LogP contribution is -2.06. The first-order valence-electron chi connectivity index (χ1n) is 5.02. The number of anilines is 2. The molecule has 0 saturated carbocycles. The Hall–Kier alpha value is -1.95. The molecule has 18 heavy (non-hydrogen) atoms. The predicted molar refractivity (Wildman–Crippen MR) is 65.1 cm³/mol. The lowest BCUT2D eigenvalue weighted by Gasteiger charge is -2.07. The Morgan fingerprint density at radius 3 is 2.78 bits per heavy atom. The summed E-state index contributed by atoms with van der Waals surface area (Å²) in [6.07, 6.45) is 0.975. The largest absolute Gasteiger partial charge is 0.368 e. The fourth-order valence-corrected chi connectivity index (χ4v) is 1.54. The molecule has 0 bridgehead atoms. The smallest absolute Gasteiger partial charge is 0.222 e. The van der Waals surface area contributed by atoms with Gasteiger partial charge in [-0.1, -0.05) is 17.7 Å². The van der Waals surface area contributed by atoms with E-state index in [4.69, 9.17) is 17.3 Å². The Bertz CT molecular complexity index is 577. The third-order valence-corrected chi connectivity index (χ3v) is 2.50. The Balaban J connectivity index is 2.11. The first-order valence-corrected chi connectivity index (χ1v) is 5.40. The first kappa shape index (κ1) is 12.5. The number of nitrogens with one attached hydrogen (secondary N) is 1. The molecule has 3 N–H and O–H groups in total. The van der Waals surface area contributed by atoms with Crippen molar-refractivity contribution in [2.45, 2.75) is 6.54 Å². The van der Waals surface area contributed by atoms with Gasteiger partial charge in [0, 0.05) is 6.54 Å². The molecule has 4 nitrogen and oxygen atoms in total. The van der Waals surface area contributed by atoms with Gasteiger partial charge in [0.15, 0.2) is 11.6 Å². The maximum Gasteiger partial charge on any atom is 0.222 e. The second kappa shape index (κ2) is 5.14. The van der Waals surface area contributed by atoms with Crippen LogP contribution in [0.5, 0.6) is 0 Å². The van der Waals surface area contributed by atoms with Crippen molar-refractivity contribution in [3.63, 3.8) is 0 Å². The number of halogens is 3. The van der Waals surface area contributed by atoms with Crippen molar-refractivity contribution in [1.29, 1.82) is 0 Å². The molecule has 1 aromatic heterocycles. The van der Waals surface area contributed by atoms with E-state index in [0.29, 0.717) is 5.56 Å². The van der Waals surface area contributed by atoms with Crippen LogP contribution < -0.4 is 11.1 Å². The van der Waals surface area contributed by atoms with Crippen LogP contribution in [0.15, 0.2) is 24.4 Å². The Morgan fingerprint density at radius 1 is 1.28 bits per heavy atom. The molecule has 0 spiro atoms. The zero-order valence-electron chi connectivity index (χ0n) is 9.12. The standard InChI is InChI=1S/C11H9ClF2N4/c12-7-3-6(1-2-8(7)13)4-16-10-9(14)5-17-11(15)18-10/h1-3,5H,4H2,(H3,15,16,17,18). The minimum Gasteiger partial charge on any atom is -0.368 e. The van der Waals surface area contributed by atoms with Crippen LogP contribution in [0.3, 0.4) is 0 Å². The van der Waals surface area contributed by atoms with Crippen molar-refractivity contribution in [2.24, 2.45) is 0 Å². The van der Waals surface area contributed by atoms with E-state index in [2.05, 4.69) is 15.3 Å². The van der Waals surface area contributed by atoms with E-state index in [-0.39, 0.29) is 23.3 Å². The minimum absolute atomic E-state index is 0.0111. The number of rotatable bonds is 3. The molecule has 0 aliphatic heterocycles. The normalized spacial score (nSPS) is 10.4. The highest BCUT2D eigenvalue weighted by molar-refractivity contribution is 6.30. The average Bonchev–Trinajstić information content (AvgIpc) is 2.34. The fraction of sp³-hybridized carbons (Fsp3) is 0.0909. The molecule has 0 fully saturated rings. The minimum atomic E-state index is -0.614. The summed E-state index contributed by atoms with van der Waals surface area (Å²) in [7, 11) is 0. The van der Waals surface area contributed by atoms with Crippen LogP contribution in [0.1, 0.15) is 5.56 Å². The van der Waals surface area contributed by atoms with Crippen LogP contribution in [0.25, 0.3) is 0 Å². The van der Waals surface area contributed by atoms with Crippen LogP contribution in [0, 0.1) is 11.6 Å². The first-order chi connectivity index (χ1) is 8.56. The second-order valence-corrected chi connectivity index (χ2v) is 3.93. The molecule has 0 saturated heterocycles. The third kappa shape index (κ3) is 2.84. The Morgan fingerprint density at radius 2 is 2.06 bits per heavy atom. The summed E-state index contributed by atoms with van der Waals surface area (Å²) in [6, 6.07) is 4.23. The molecule has 0 amide bonds. The number of hydrogen-bond acceptors (Lipinski definition) is 4. The summed E-state index contributed by atoms with van der Waals surface area (Å²) >= 11 is 5.63. The monoisotopic (exact) mass is 270 g/mol. The zero-order valence-corrected chi connectivity index (χ0v) is 9.88. The molecule has 0 atom stereocenters. The van der Waals surface area contributed by atoms with Crippen molar-refractivity contribution in [2.75, 3.05) is 11.1 Å². The van der Waals surface area contributed by atoms with Gasteiger partial charge < -0.3 is 11.1 Å². The highest BCUT2D eigenvalue weighted by atomic mass is 35.5. The summed E-state index contributed by atoms with van der Waals surface area (Å²) in [5.74, 6) is -1.16. The maximum absolute atomic E-state index is 13.3. The van der Waals surface area contributed by atoms with Gasteiger partial charge in [-0.2, -0.15) is 4.98 Å². The topological polar surface area (TPSA) is 63.8 Å². The van der Waals surface area contributed by atoms with Gasteiger partial charge in [-0.25, -0.2) is 13.8 Å². The molecule has 1 aromatic carbocycles. The van der Waals surface area contributed by atoms with Crippen LogP contribution in [-0.4, -0.2) is 9.97 Å². The predicted octanol–water partition coefficient (Wildman–Crippen LogP) is 2.60. The second-order valence-electron chi connectivity index (χ2n) is 3.53. The van der Waals surface area contributed by atoms with Crippen molar-refractivity contribution in [3.8, 4) is 0 Å². The van der Waals surface area contributed by atoms with Crippen LogP contribution in [-0.2, 0) is 6.54 Å². The highest BCUT2D eigenvalue weighted by Gasteiger charge is 2.06. The number of nitrogens with zero attached hydrogens (tertiary/aromatic N) is 2. The van der Waals surface area contributed by atoms with Crippen LogP contribution in [0.4, 0.5) is 20.5 Å². The van der Waals surface area contributed by atoms with Crippen molar-refractivity contribution in [1.82, 2.24) is 9.97 Å². The van der Waals surface area contributed by atoms with Crippen LogP contribution in [0.2, 0.25) is 5.02 Å². The fourth-order valence-electron chi connectivity index (χ4n) is 1.34. The summed E-state index contributed by atoms with van der Waals surface area (Å²) in [5, 5.41) is 2.74. The molecule has 0 radical (unpaired) electrons. The van der Waals surface area contributed by atoms with Gasteiger partial charge >= 0.3 is 0 Å². The molecule has 0 unspecified atom stereocenters. The number of hydrogen-bond donors (Lipinski definition) is 2. The van der Waals surface area contributed by atoms with E-state index < -0.39 is 11.6 Å². The molecule has 0 aliphatic carbocycles. The summed E-state index contributed by atoms with van der Waals surface area (Å²) < 4.78 is 26.2. The van der Waals surface area contributed by atoms with Gasteiger partial charge in [-0.3, -0.25) is 0 Å². The van der Waals surface area contributed by atoms with E-state index in [1.165, 1.54) is 18.2 Å². The third-order valence-electron chi connectivity index (χ3n) is 2.21. The Labute approximate surface area is 107 Å². The van der Waals surface area contributed by atoms with Gasteiger partial charge in [0.2, 0.25) is 5.95 Å². The molecule has 0 aliphatic rings. The van der Waals surface area contributed by atoms with E-state index in [0.717, 1.165) is 6.20 Å². The van der Waals surface area contributed by atoms with E-state index in [1.807, 2.05) is 0 Å². The van der Waals surface area contributed by atoms with Crippen LogP contribution >= 0.6 is 11.6 Å². The summed E-state index contributed by atoms with van der Waals surface area (Å²) in [5.41, 5.74) is 6.03. The number of nitrogen functional groups attached to an aromatic ring is 1. The van der Waals surface area contributed by atoms with Gasteiger partial charge in [-0.05, 0) is 17.7 Å². The zero-order chi connectivity index (χ0) is 13.1. The molecule has 94 valence electrons. The summed E-state index contributed by atoms with van der Waals surface area (Å²) in [6.45, 7) is 0.243. The lowest BCUT2D eigenvalue weighted by atomic mass is 10.2. The Kier molecular flexibility index (Phi) is 3.57. The molecule has 2 rings (SSSR count). The van der Waals surface area contributed by atoms with Gasteiger partial charge in [0.05, 0.1) is 11.2 Å². The van der Waals surface area contributed by atoms with Gasteiger partial charge in [0.25, 0.3) is 0 Å². The molecular formula is C11H9ClF2N4. The summed E-state index contributed by atoms with van der Waals surface area (Å²) in [4.78, 5) is 7.20. The number of aromatic nitrogens is 2. The average molecular weight is 271 g/mol. The highest BCUT2D eigenvalue weighted by Crippen LogP contribution is 2.17. The van der Waals surface area contributed by atoms with E-state index in [9.17, 15) is 8.78 Å². The maximum atomic E-state index is 13.3. The van der Waals surface area contributed by atoms with Gasteiger partial charge in [0.1, 0.15) is 5.82 Å². The quantitative estimate of drug-likeness (QED) is 0.900. The van der Waals surface area contributed by atoms with Crippen molar-refractivity contribution in [3.05, 3.63) is 46.6 Å².